The smallest absolute Gasteiger partial charge is 0.358 e. The second kappa shape index (κ2) is 6.71. The highest BCUT2D eigenvalue weighted by atomic mass is 16.5. The molecule has 0 unspecified atom stereocenters. The molecule has 1 heterocycles. The van der Waals surface area contributed by atoms with E-state index >= 15 is 0 Å². The highest BCUT2D eigenvalue weighted by Crippen LogP contribution is 2.26. The number of aromatic nitrogens is 2. The summed E-state index contributed by atoms with van der Waals surface area (Å²) in [5, 5.41) is 4.50. The molecule has 122 valence electrons. The van der Waals surface area contributed by atoms with Crippen LogP contribution < -0.4 is 0 Å². The Bertz CT molecular complexity index is 864. The molecule has 0 saturated heterocycles. The van der Waals surface area contributed by atoms with E-state index in [0.29, 0.717) is 12.3 Å². The number of benzene rings is 2. The van der Waals surface area contributed by atoms with Crippen molar-refractivity contribution < 1.29 is 9.53 Å². The molecule has 0 aliphatic heterocycles. The Kier molecular flexibility index (Phi) is 4.47. The number of ether oxygens (including phenoxy) is 1. The summed E-state index contributed by atoms with van der Waals surface area (Å²) in [5.41, 5.74) is 5.41. The number of aryl methyl sites for hydroxylation is 2. The van der Waals surface area contributed by atoms with Gasteiger partial charge in [-0.05, 0) is 38.5 Å². The third-order valence-electron chi connectivity index (χ3n) is 3.88. The van der Waals surface area contributed by atoms with Crippen molar-refractivity contribution in [3.63, 3.8) is 0 Å². The number of rotatable bonds is 4. The van der Waals surface area contributed by atoms with Crippen molar-refractivity contribution in [1.82, 2.24) is 9.78 Å². The second-order valence-electron chi connectivity index (χ2n) is 5.70. The number of esters is 1. The molecule has 3 aromatic rings. The van der Waals surface area contributed by atoms with E-state index in [2.05, 4.69) is 17.2 Å². The SMILES string of the molecule is CCOC(=O)c1cc(-c2ccc(C)cc2)n(-c2ccccc2C)n1. The maximum absolute atomic E-state index is 12.1. The lowest BCUT2D eigenvalue weighted by Gasteiger charge is -2.10. The van der Waals surface area contributed by atoms with Crippen molar-refractivity contribution in [2.24, 2.45) is 0 Å². The van der Waals surface area contributed by atoms with Gasteiger partial charge in [-0.2, -0.15) is 5.10 Å². The van der Waals surface area contributed by atoms with Crippen LogP contribution in [-0.4, -0.2) is 22.4 Å². The summed E-state index contributed by atoms with van der Waals surface area (Å²) in [6.07, 6.45) is 0. The van der Waals surface area contributed by atoms with Gasteiger partial charge in [0.2, 0.25) is 0 Å². The maximum Gasteiger partial charge on any atom is 0.358 e. The molecule has 0 radical (unpaired) electrons. The van der Waals surface area contributed by atoms with Crippen LogP contribution in [0, 0.1) is 13.8 Å². The van der Waals surface area contributed by atoms with Crippen LogP contribution in [0.2, 0.25) is 0 Å². The average Bonchev–Trinajstić information content (AvgIpc) is 3.01. The van der Waals surface area contributed by atoms with Gasteiger partial charge in [-0.25, -0.2) is 9.48 Å². The van der Waals surface area contributed by atoms with Crippen LogP contribution in [0.5, 0.6) is 0 Å². The molecular formula is C20H20N2O2. The van der Waals surface area contributed by atoms with Gasteiger partial charge in [0.25, 0.3) is 0 Å². The molecule has 0 fully saturated rings. The highest BCUT2D eigenvalue weighted by Gasteiger charge is 2.18. The zero-order chi connectivity index (χ0) is 17.1. The van der Waals surface area contributed by atoms with E-state index in [0.717, 1.165) is 22.5 Å². The normalized spacial score (nSPS) is 10.6. The van der Waals surface area contributed by atoms with Crippen molar-refractivity contribution >= 4 is 5.97 Å². The Labute approximate surface area is 141 Å². The number of hydrogen-bond donors (Lipinski definition) is 0. The molecule has 4 heteroatoms. The highest BCUT2D eigenvalue weighted by molar-refractivity contribution is 5.89. The largest absolute Gasteiger partial charge is 0.461 e. The Hall–Kier alpha value is -2.88. The fourth-order valence-electron chi connectivity index (χ4n) is 2.60. The molecule has 0 N–H and O–H groups in total. The first-order valence-electron chi connectivity index (χ1n) is 8.00. The molecule has 3 rings (SSSR count). The predicted molar refractivity (Wildman–Crippen MR) is 94.4 cm³/mol. The van der Waals surface area contributed by atoms with Crippen molar-refractivity contribution in [3.05, 3.63) is 71.4 Å². The summed E-state index contributed by atoms with van der Waals surface area (Å²) in [5.74, 6) is -0.404. The molecule has 0 aliphatic rings. The standard InChI is InChI=1S/C20H20N2O2/c1-4-24-20(23)17-13-19(16-11-9-14(2)10-12-16)22(21-17)18-8-6-5-7-15(18)3/h5-13H,4H2,1-3H3. The number of carbonyl (C=O) groups is 1. The van der Waals surface area contributed by atoms with E-state index in [4.69, 9.17) is 4.74 Å². The first-order valence-corrected chi connectivity index (χ1v) is 8.00. The van der Waals surface area contributed by atoms with Gasteiger partial charge < -0.3 is 4.74 Å². The van der Waals surface area contributed by atoms with Crippen molar-refractivity contribution in [2.75, 3.05) is 6.61 Å². The summed E-state index contributed by atoms with van der Waals surface area (Å²) >= 11 is 0. The van der Waals surface area contributed by atoms with Gasteiger partial charge in [0.1, 0.15) is 0 Å². The molecule has 0 atom stereocenters. The van der Waals surface area contributed by atoms with E-state index in [1.807, 2.05) is 54.9 Å². The van der Waals surface area contributed by atoms with E-state index < -0.39 is 5.97 Å². The van der Waals surface area contributed by atoms with Crippen molar-refractivity contribution in [3.8, 4) is 16.9 Å². The second-order valence-corrected chi connectivity index (χ2v) is 5.70. The van der Waals surface area contributed by atoms with Crippen LogP contribution in [0.3, 0.4) is 0 Å². The van der Waals surface area contributed by atoms with Gasteiger partial charge in [0, 0.05) is 5.56 Å². The molecule has 24 heavy (non-hydrogen) atoms. The molecule has 1 aromatic heterocycles. The molecular weight excluding hydrogens is 300 g/mol. The van der Waals surface area contributed by atoms with E-state index in [1.165, 1.54) is 5.56 Å². The van der Waals surface area contributed by atoms with Crippen LogP contribution in [-0.2, 0) is 4.74 Å². The Morgan fingerprint density at radius 2 is 1.79 bits per heavy atom. The predicted octanol–water partition coefficient (Wildman–Crippen LogP) is 4.33. The Morgan fingerprint density at radius 3 is 2.46 bits per heavy atom. The Morgan fingerprint density at radius 1 is 1.08 bits per heavy atom. The number of para-hydroxylation sites is 1. The van der Waals surface area contributed by atoms with E-state index in [-0.39, 0.29) is 0 Å². The van der Waals surface area contributed by atoms with Gasteiger partial charge in [0.15, 0.2) is 5.69 Å². The molecule has 0 amide bonds. The Balaban J connectivity index is 2.17. The fraction of sp³-hybridized carbons (Fsp3) is 0.200. The molecule has 4 nitrogen and oxygen atoms in total. The average molecular weight is 320 g/mol. The lowest BCUT2D eigenvalue weighted by molar-refractivity contribution is 0.0519. The lowest BCUT2D eigenvalue weighted by atomic mass is 10.1. The quantitative estimate of drug-likeness (QED) is 0.672. The first-order chi connectivity index (χ1) is 11.6. The third kappa shape index (κ3) is 3.08. The molecule has 2 aromatic carbocycles. The summed E-state index contributed by atoms with van der Waals surface area (Å²) < 4.78 is 6.91. The summed E-state index contributed by atoms with van der Waals surface area (Å²) in [4.78, 5) is 12.1. The van der Waals surface area contributed by atoms with Crippen LogP contribution in [0.4, 0.5) is 0 Å². The van der Waals surface area contributed by atoms with E-state index in [1.54, 1.807) is 13.0 Å². The topological polar surface area (TPSA) is 44.1 Å². The fourth-order valence-corrected chi connectivity index (χ4v) is 2.60. The zero-order valence-electron chi connectivity index (χ0n) is 14.1. The summed E-state index contributed by atoms with van der Waals surface area (Å²) in [6, 6.07) is 17.9. The molecule has 0 aliphatic carbocycles. The molecule has 0 bridgehead atoms. The monoisotopic (exact) mass is 320 g/mol. The van der Waals surface area contributed by atoms with Crippen LogP contribution in [0.25, 0.3) is 16.9 Å². The molecule has 0 saturated carbocycles. The minimum absolute atomic E-state index is 0.315. The van der Waals surface area contributed by atoms with Crippen molar-refractivity contribution in [2.45, 2.75) is 20.8 Å². The minimum Gasteiger partial charge on any atom is -0.461 e. The lowest BCUT2D eigenvalue weighted by Crippen LogP contribution is -2.07. The van der Waals surface area contributed by atoms with Gasteiger partial charge in [-0.15, -0.1) is 0 Å². The van der Waals surface area contributed by atoms with Gasteiger partial charge in [-0.1, -0.05) is 48.0 Å². The minimum atomic E-state index is -0.404. The number of nitrogens with zero attached hydrogens (tertiary/aromatic N) is 2. The summed E-state index contributed by atoms with van der Waals surface area (Å²) in [6.45, 7) is 6.19. The van der Waals surface area contributed by atoms with Gasteiger partial charge in [-0.3, -0.25) is 0 Å². The summed E-state index contributed by atoms with van der Waals surface area (Å²) in [7, 11) is 0. The van der Waals surface area contributed by atoms with Crippen LogP contribution in [0.15, 0.2) is 54.6 Å². The van der Waals surface area contributed by atoms with Crippen LogP contribution >= 0.6 is 0 Å². The van der Waals surface area contributed by atoms with Gasteiger partial charge in [0.05, 0.1) is 18.0 Å². The number of carbonyl (C=O) groups excluding carboxylic acids is 1. The van der Waals surface area contributed by atoms with Crippen molar-refractivity contribution in [1.29, 1.82) is 0 Å². The van der Waals surface area contributed by atoms with E-state index in [9.17, 15) is 4.79 Å². The third-order valence-corrected chi connectivity index (χ3v) is 3.88. The zero-order valence-corrected chi connectivity index (χ0v) is 14.1. The van der Waals surface area contributed by atoms with Gasteiger partial charge >= 0.3 is 5.97 Å². The molecule has 0 spiro atoms. The van der Waals surface area contributed by atoms with Crippen LogP contribution in [0.1, 0.15) is 28.5 Å². The maximum atomic E-state index is 12.1. The first kappa shape index (κ1) is 16.0. The number of hydrogen-bond acceptors (Lipinski definition) is 3.